The van der Waals surface area contributed by atoms with E-state index < -0.39 is 0 Å². The number of rotatable bonds is 12. The van der Waals surface area contributed by atoms with E-state index >= 15 is 0 Å². The number of esters is 2. The topological polar surface area (TPSA) is 52.6 Å². The first-order valence-corrected chi connectivity index (χ1v) is 9.47. The third-order valence-electron chi connectivity index (χ3n) is 3.79. The van der Waals surface area contributed by atoms with Crippen molar-refractivity contribution in [1.29, 1.82) is 0 Å². The maximum atomic E-state index is 11.0. The van der Waals surface area contributed by atoms with Gasteiger partial charge in [0.05, 0.1) is 12.7 Å². The van der Waals surface area contributed by atoms with Gasteiger partial charge in [0.1, 0.15) is 0 Å². The summed E-state index contributed by atoms with van der Waals surface area (Å²) in [5.41, 5.74) is 0.471. The van der Waals surface area contributed by atoms with Crippen LogP contribution in [-0.4, -0.2) is 24.6 Å². The Labute approximate surface area is 154 Å². The van der Waals surface area contributed by atoms with Crippen LogP contribution < -0.4 is 0 Å². The number of hydrogen-bond acceptors (Lipinski definition) is 4. The highest BCUT2D eigenvalue weighted by molar-refractivity contribution is 5.87. The molecule has 2 atom stereocenters. The van der Waals surface area contributed by atoms with Crippen LogP contribution in [0.15, 0.2) is 24.8 Å². The second-order valence-corrected chi connectivity index (χ2v) is 6.39. The molecule has 0 fully saturated rings. The predicted octanol–water partition coefficient (Wildman–Crippen LogP) is 5.62. The van der Waals surface area contributed by atoms with Gasteiger partial charge < -0.3 is 9.47 Å². The molecule has 0 N–H and O–H groups in total. The summed E-state index contributed by atoms with van der Waals surface area (Å²) in [6.07, 6.45) is 9.05. The summed E-state index contributed by atoms with van der Waals surface area (Å²) in [5, 5.41) is 0. The quantitative estimate of drug-likeness (QED) is 0.337. The standard InChI is InChI=1S/C11H20O2.C10H18O2/c1-4-7-8-10(5-2)9-13-11(12)6-3;1-5-6-7-9(4)12-10(11)8(2)3/h6,10H,3-5,7-9H2,1-2H3;9H,2,5-7H2,1,3-4H3. The van der Waals surface area contributed by atoms with Crippen molar-refractivity contribution >= 4 is 11.9 Å². The molecule has 25 heavy (non-hydrogen) atoms. The normalized spacial score (nSPS) is 12.2. The zero-order valence-electron chi connectivity index (χ0n) is 16.9. The van der Waals surface area contributed by atoms with Crippen LogP contribution in [0.4, 0.5) is 0 Å². The zero-order chi connectivity index (χ0) is 19.7. The minimum Gasteiger partial charge on any atom is -0.462 e. The van der Waals surface area contributed by atoms with Gasteiger partial charge in [0.15, 0.2) is 0 Å². The van der Waals surface area contributed by atoms with Gasteiger partial charge in [-0.05, 0) is 32.6 Å². The monoisotopic (exact) mass is 354 g/mol. The van der Waals surface area contributed by atoms with Crippen molar-refractivity contribution < 1.29 is 19.1 Å². The van der Waals surface area contributed by atoms with E-state index in [1.807, 2.05) is 6.92 Å². The van der Waals surface area contributed by atoms with Crippen LogP contribution in [0.25, 0.3) is 0 Å². The molecule has 0 aliphatic rings. The van der Waals surface area contributed by atoms with Gasteiger partial charge in [0, 0.05) is 11.6 Å². The lowest BCUT2D eigenvalue weighted by molar-refractivity contribution is -0.143. The molecule has 0 aromatic carbocycles. The number of carbonyl (C=O) groups is 2. The van der Waals surface area contributed by atoms with Crippen molar-refractivity contribution in [1.82, 2.24) is 0 Å². The molecule has 0 heterocycles. The van der Waals surface area contributed by atoms with Crippen LogP contribution in [0.2, 0.25) is 0 Å². The summed E-state index contributed by atoms with van der Waals surface area (Å²) in [5.74, 6) is -0.0719. The lowest BCUT2D eigenvalue weighted by Crippen LogP contribution is -2.14. The highest BCUT2D eigenvalue weighted by Crippen LogP contribution is 2.12. The average Bonchev–Trinajstić information content (AvgIpc) is 2.60. The number of ether oxygens (including phenoxy) is 2. The summed E-state index contributed by atoms with van der Waals surface area (Å²) in [6, 6.07) is 0. The van der Waals surface area contributed by atoms with Gasteiger partial charge in [-0.15, -0.1) is 0 Å². The van der Waals surface area contributed by atoms with Crippen molar-refractivity contribution in [3.8, 4) is 0 Å². The number of carbonyl (C=O) groups excluding carboxylic acids is 2. The van der Waals surface area contributed by atoms with E-state index in [4.69, 9.17) is 9.47 Å². The molecule has 4 heteroatoms. The summed E-state index contributed by atoms with van der Waals surface area (Å²) < 4.78 is 10.1. The summed E-state index contributed by atoms with van der Waals surface area (Å²) >= 11 is 0. The molecule has 0 rings (SSSR count). The van der Waals surface area contributed by atoms with Gasteiger partial charge in [-0.2, -0.15) is 0 Å². The molecule has 2 unspecified atom stereocenters. The molecule has 0 radical (unpaired) electrons. The Kier molecular flexibility index (Phi) is 17.7. The average molecular weight is 355 g/mol. The predicted molar refractivity (Wildman–Crippen MR) is 104 cm³/mol. The van der Waals surface area contributed by atoms with Crippen molar-refractivity contribution in [2.75, 3.05) is 6.61 Å². The largest absolute Gasteiger partial charge is 0.462 e. The zero-order valence-corrected chi connectivity index (χ0v) is 16.9. The summed E-state index contributed by atoms with van der Waals surface area (Å²) in [7, 11) is 0. The lowest BCUT2D eigenvalue weighted by atomic mass is 10.0. The van der Waals surface area contributed by atoms with Crippen LogP contribution in [0.3, 0.4) is 0 Å². The third kappa shape index (κ3) is 17.0. The summed E-state index contributed by atoms with van der Waals surface area (Å²) in [4.78, 5) is 21.8. The molecule has 0 saturated heterocycles. The minimum absolute atomic E-state index is 0.0224. The van der Waals surface area contributed by atoms with E-state index in [2.05, 4.69) is 33.9 Å². The van der Waals surface area contributed by atoms with E-state index in [0.29, 0.717) is 18.1 Å². The first-order valence-electron chi connectivity index (χ1n) is 9.47. The van der Waals surface area contributed by atoms with E-state index in [1.54, 1.807) is 6.92 Å². The molecule has 146 valence electrons. The highest BCUT2D eigenvalue weighted by Gasteiger charge is 2.09. The third-order valence-corrected chi connectivity index (χ3v) is 3.79. The first kappa shape index (κ1) is 25.7. The first-order chi connectivity index (χ1) is 11.8. The fraction of sp³-hybridized carbons (Fsp3) is 0.714. The maximum Gasteiger partial charge on any atom is 0.333 e. The molecule has 0 amide bonds. The Morgan fingerprint density at radius 2 is 1.64 bits per heavy atom. The van der Waals surface area contributed by atoms with Gasteiger partial charge in [-0.3, -0.25) is 0 Å². The van der Waals surface area contributed by atoms with Crippen molar-refractivity contribution in [3.63, 3.8) is 0 Å². The van der Waals surface area contributed by atoms with Crippen LogP contribution >= 0.6 is 0 Å². The van der Waals surface area contributed by atoms with Crippen LogP contribution in [0, 0.1) is 5.92 Å². The van der Waals surface area contributed by atoms with Gasteiger partial charge >= 0.3 is 11.9 Å². The van der Waals surface area contributed by atoms with Crippen LogP contribution in [0.5, 0.6) is 0 Å². The maximum absolute atomic E-state index is 11.0. The number of unbranched alkanes of at least 4 members (excludes halogenated alkanes) is 2. The molecule has 0 aliphatic carbocycles. The fourth-order valence-electron chi connectivity index (χ4n) is 1.99. The van der Waals surface area contributed by atoms with Crippen LogP contribution in [0.1, 0.15) is 79.6 Å². The summed E-state index contributed by atoms with van der Waals surface area (Å²) in [6.45, 7) is 17.4. The number of hydrogen-bond donors (Lipinski definition) is 0. The Morgan fingerprint density at radius 1 is 1.08 bits per heavy atom. The molecule has 0 saturated carbocycles. The molecule has 0 aromatic heterocycles. The Balaban J connectivity index is 0. The molecule has 0 aliphatic heterocycles. The second kappa shape index (κ2) is 17.2. The van der Waals surface area contributed by atoms with Gasteiger partial charge in [0.2, 0.25) is 0 Å². The van der Waals surface area contributed by atoms with Gasteiger partial charge in [0.25, 0.3) is 0 Å². The highest BCUT2D eigenvalue weighted by atomic mass is 16.5. The van der Waals surface area contributed by atoms with Crippen LogP contribution in [-0.2, 0) is 19.1 Å². The Hall–Kier alpha value is -1.58. The fourth-order valence-corrected chi connectivity index (χ4v) is 1.99. The van der Waals surface area contributed by atoms with E-state index in [1.165, 1.54) is 18.9 Å². The molecule has 0 bridgehead atoms. The van der Waals surface area contributed by atoms with E-state index in [-0.39, 0.29) is 18.0 Å². The van der Waals surface area contributed by atoms with Gasteiger partial charge in [-0.1, -0.05) is 66.0 Å². The smallest absolute Gasteiger partial charge is 0.333 e. The Bertz CT molecular complexity index is 387. The lowest BCUT2D eigenvalue weighted by Gasteiger charge is -2.13. The molecule has 0 spiro atoms. The van der Waals surface area contributed by atoms with Crippen molar-refractivity contribution in [2.45, 2.75) is 85.7 Å². The van der Waals surface area contributed by atoms with Crippen molar-refractivity contribution in [2.24, 2.45) is 5.92 Å². The van der Waals surface area contributed by atoms with E-state index in [9.17, 15) is 9.59 Å². The second-order valence-electron chi connectivity index (χ2n) is 6.39. The SMILES string of the molecule is C=C(C)C(=O)OC(C)CCCC.C=CC(=O)OCC(CC)CCCC. The van der Waals surface area contributed by atoms with Gasteiger partial charge in [-0.25, -0.2) is 9.59 Å². The Morgan fingerprint density at radius 3 is 2.08 bits per heavy atom. The van der Waals surface area contributed by atoms with Crippen molar-refractivity contribution in [3.05, 3.63) is 24.8 Å². The minimum atomic E-state index is -0.310. The molecule has 0 aromatic rings. The molecule has 4 nitrogen and oxygen atoms in total. The molecular formula is C21H38O4. The molecular weight excluding hydrogens is 316 g/mol. The van der Waals surface area contributed by atoms with E-state index in [0.717, 1.165) is 32.1 Å².